The number of hydrogen-bond donors (Lipinski definition) is 0. The summed E-state index contributed by atoms with van der Waals surface area (Å²) in [5.74, 6) is 0.825. The Kier molecular flexibility index (Phi) is 3.74. The van der Waals surface area contributed by atoms with Crippen molar-refractivity contribution in [2.45, 2.75) is 30.6 Å². The molecule has 0 N–H and O–H groups in total. The third-order valence-corrected chi connectivity index (χ3v) is 3.18. The van der Waals surface area contributed by atoms with Crippen molar-refractivity contribution in [2.75, 3.05) is 12.4 Å². The Morgan fingerprint density at radius 2 is 2.60 bits per heavy atom. The smallest absolute Gasteiger partial charge is 0.209 e. The maximum atomic E-state index is 5.54. The van der Waals surface area contributed by atoms with Crippen molar-refractivity contribution in [1.29, 1.82) is 0 Å². The summed E-state index contributed by atoms with van der Waals surface area (Å²) in [6.45, 7) is 5.29. The maximum Gasteiger partial charge on any atom is 0.209 e. The quantitative estimate of drug-likeness (QED) is 0.556. The van der Waals surface area contributed by atoms with Gasteiger partial charge < -0.3 is 4.74 Å². The average molecular weight is 226 g/mol. The van der Waals surface area contributed by atoms with Crippen molar-refractivity contribution in [3.63, 3.8) is 0 Å². The van der Waals surface area contributed by atoms with E-state index in [1.807, 2.05) is 10.8 Å². The van der Waals surface area contributed by atoms with Crippen molar-refractivity contribution >= 4 is 11.8 Å². The van der Waals surface area contributed by atoms with Crippen LogP contribution in [0.2, 0.25) is 0 Å². The number of aromatic nitrogens is 4. The van der Waals surface area contributed by atoms with Gasteiger partial charge in [0.1, 0.15) is 0 Å². The van der Waals surface area contributed by atoms with Gasteiger partial charge >= 0.3 is 0 Å². The minimum absolute atomic E-state index is 0.275. The largest absolute Gasteiger partial charge is 0.376 e. The highest BCUT2D eigenvalue weighted by molar-refractivity contribution is 7.99. The minimum atomic E-state index is 0.275. The fourth-order valence-electron chi connectivity index (χ4n) is 1.53. The number of rotatable bonds is 5. The average Bonchev–Trinajstić information content (AvgIpc) is 2.87. The predicted octanol–water partition coefficient (Wildman–Crippen LogP) is 1.13. The van der Waals surface area contributed by atoms with Crippen LogP contribution in [0.25, 0.3) is 0 Å². The molecule has 2 heterocycles. The summed E-state index contributed by atoms with van der Waals surface area (Å²) < 4.78 is 7.35. The van der Waals surface area contributed by atoms with Crippen molar-refractivity contribution in [3.05, 3.63) is 12.7 Å². The summed E-state index contributed by atoms with van der Waals surface area (Å²) in [6, 6.07) is 0. The third-order valence-electron chi connectivity index (χ3n) is 2.23. The molecule has 0 aliphatic carbocycles. The van der Waals surface area contributed by atoms with Gasteiger partial charge in [0.25, 0.3) is 0 Å². The Bertz CT molecular complexity index is 322. The molecule has 0 bridgehead atoms. The molecule has 0 aromatic carbocycles. The number of nitrogens with zero attached hydrogens (tertiary/aromatic N) is 4. The standard InChI is InChI=1S/C9H14N4OS/c1-2-6-15-9-10-11-12-13(9)7-8-4-3-5-14-8/h2,8H,1,3-7H2. The van der Waals surface area contributed by atoms with Gasteiger partial charge in [0.05, 0.1) is 12.6 Å². The van der Waals surface area contributed by atoms with Crippen molar-refractivity contribution in [2.24, 2.45) is 0 Å². The second kappa shape index (κ2) is 5.27. The van der Waals surface area contributed by atoms with Gasteiger partial charge in [-0.25, -0.2) is 4.68 Å². The summed E-state index contributed by atoms with van der Waals surface area (Å²) in [7, 11) is 0. The molecule has 5 nitrogen and oxygen atoms in total. The summed E-state index contributed by atoms with van der Waals surface area (Å²) >= 11 is 1.59. The Morgan fingerprint density at radius 3 is 3.33 bits per heavy atom. The zero-order valence-electron chi connectivity index (χ0n) is 8.50. The van der Waals surface area contributed by atoms with Crippen LogP contribution in [0.1, 0.15) is 12.8 Å². The van der Waals surface area contributed by atoms with Gasteiger partial charge in [-0.3, -0.25) is 0 Å². The fraction of sp³-hybridized carbons (Fsp3) is 0.667. The maximum absolute atomic E-state index is 5.54. The van der Waals surface area contributed by atoms with E-state index in [0.29, 0.717) is 0 Å². The second-order valence-electron chi connectivity index (χ2n) is 3.38. The van der Waals surface area contributed by atoms with E-state index in [1.165, 1.54) is 0 Å². The van der Waals surface area contributed by atoms with Crippen LogP contribution >= 0.6 is 11.8 Å². The SMILES string of the molecule is C=CCSc1nnnn1CC1CCCO1. The highest BCUT2D eigenvalue weighted by atomic mass is 32.2. The second-order valence-corrected chi connectivity index (χ2v) is 4.37. The topological polar surface area (TPSA) is 52.8 Å². The normalized spacial score (nSPS) is 20.7. The van der Waals surface area contributed by atoms with Crippen LogP contribution in [0.4, 0.5) is 0 Å². The van der Waals surface area contributed by atoms with Crippen LogP contribution in [0, 0.1) is 0 Å². The molecule has 1 fully saturated rings. The lowest BCUT2D eigenvalue weighted by Gasteiger charge is -2.09. The monoisotopic (exact) mass is 226 g/mol. The van der Waals surface area contributed by atoms with E-state index >= 15 is 0 Å². The van der Waals surface area contributed by atoms with Gasteiger partial charge in [-0.2, -0.15) is 0 Å². The molecule has 1 aliphatic rings. The van der Waals surface area contributed by atoms with Crippen molar-refractivity contribution < 1.29 is 4.74 Å². The minimum Gasteiger partial charge on any atom is -0.376 e. The van der Waals surface area contributed by atoms with Gasteiger partial charge in [0.2, 0.25) is 5.16 Å². The van der Waals surface area contributed by atoms with Crippen LogP contribution in [0.15, 0.2) is 17.8 Å². The van der Waals surface area contributed by atoms with E-state index in [9.17, 15) is 0 Å². The molecule has 1 aromatic heterocycles. The number of tetrazole rings is 1. The van der Waals surface area contributed by atoms with Crippen molar-refractivity contribution in [1.82, 2.24) is 20.2 Å². The number of ether oxygens (including phenoxy) is 1. The summed E-state index contributed by atoms with van der Waals surface area (Å²) in [5.41, 5.74) is 0. The van der Waals surface area contributed by atoms with Gasteiger partial charge in [-0.1, -0.05) is 17.8 Å². The Balaban J connectivity index is 1.94. The van der Waals surface area contributed by atoms with Crippen LogP contribution in [-0.4, -0.2) is 38.7 Å². The molecule has 6 heteroatoms. The van der Waals surface area contributed by atoms with Gasteiger partial charge in [-0.15, -0.1) is 11.7 Å². The fourth-order valence-corrected chi connectivity index (χ4v) is 2.15. The zero-order valence-corrected chi connectivity index (χ0v) is 9.32. The van der Waals surface area contributed by atoms with Crippen LogP contribution < -0.4 is 0 Å². The zero-order chi connectivity index (χ0) is 10.5. The first kappa shape index (κ1) is 10.6. The molecule has 0 radical (unpaired) electrons. The van der Waals surface area contributed by atoms with Crippen molar-refractivity contribution in [3.8, 4) is 0 Å². The molecular weight excluding hydrogens is 212 g/mol. The Labute approximate surface area is 92.9 Å². The first-order valence-electron chi connectivity index (χ1n) is 5.01. The molecule has 82 valence electrons. The summed E-state index contributed by atoms with van der Waals surface area (Å²) in [4.78, 5) is 0. The molecular formula is C9H14N4OS. The predicted molar refractivity (Wildman–Crippen MR) is 57.7 cm³/mol. The highest BCUT2D eigenvalue weighted by Gasteiger charge is 2.18. The van der Waals surface area contributed by atoms with Crippen LogP contribution in [-0.2, 0) is 11.3 Å². The van der Waals surface area contributed by atoms with E-state index in [1.54, 1.807) is 11.8 Å². The first-order chi connectivity index (χ1) is 7.40. The molecule has 2 rings (SSSR count). The van der Waals surface area contributed by atoms with E-state index < -0.39 is 0 Å². The molecule has 0 amide bonds. The van der Waals surface area contributed by atoms with E-state index in [2.05, 4.69) is 22.1 Å². The molecule has 0 spiro atoms. The summed E-state index contributed by atoms with van der Waals surface area (Å²) in [6.07, 6.45) is 4.36. The molecule has 1 atom stereocenters. The van der Waals surface area contributed by atoms with Gasteiger partial charge in [-0.05, 0) is 23.3 Å². The third kappa shape index (κ3) is 2.79. The lowest BCUT2D eigenvalue weighted by atomic mass is 10.2. The van der Waals surface area contributed by atoms with Crippen LogP contribution in [0.5, 0.6) is 0 Å². The molecule has 1 saturated heterocycles. The molecule has 1 aromatic rings. The molecule has 1 unspecified atom stereocenters. The van der Waals surface area contributed by atoms with E-state index in [4.69, 9.17) is 4.74 Å². The molecule has 15 heavy (non-hydrogen) atoms. The highest BCUT2D eigenvalue weighted by Crippen LogP contribution is 2.18. The van der Waals surface area contributed by atoms with Crippen LogP contribution in [0.3, 0.4) is 0 Å². The lowest BCUT2D eigenvalue weighted by molar-refractivity contribution is 0.0912. The number of hydrogen-bond acceptors (Lipinski definition) is 5. The van der Waals surface area contributed by atoms with E-state index in [0.717, 1.165) is 36.9 Å². The van der Waals surface area contributed by atoms with E-state index in [-0.39, 0.29) is 6.10 Å². The first-order valence-corrected chi connectivity index (χ1v) is 6.00. The molecule has 0 saturated carbocycles. The van der Waals surface area contributed by atoms with Gasteiger partial charge in [0.15, 0.2) is 0 Å². The molecule has 1 aliphatic heterocycles. The summed E-state index contributed by atoms with van der Waals surface area (Å²) in [5, 5.41) is 12.4. The Morgan fingerprint density at radius 1 is 1.67 bits per heavy atom. The lowest BCUT2D eigenvalue weighted by Crippen LogP contribution is -2.16. The number of thioether (sulfide) groups is 1. The van der Waals surface area contributed by atoms with Gasteiger partial charge in [0, 0.05) is 12.4 Å². The Hall–Kier alpha value is -0.880.